The topological polar surface area (TPSA) is 20.2 Å². The maximum absolute atomic E-state index is 9.63. The molecule has 1 atom stereocenters. The first-order chi connectivity index (χ1) is 8.90. The molecule has 19 heavy (non-hydrogen) atoms. The maximum Gasteiger partial charge on any atom is 0.155 e. The van der Waals surface area contributed by atoms with Gasteiger partial charge in [0.1, 0.15) is 10.0 Å². The minimum absolute atomic E-state index is 0.0557. The normalized spacial score (nSPS) is 12.7. The number of halogens is 4. The van der Waals surface area contributed by atoms with Crippen LogP contribution in [0.25, 0.3) is 0 Å². The van der Waals surface area contributed by atoms with Crippen LogP contribution >= 0.6 is 58.2 Å². The molecule has 6 heteroatoms. The smallest absolute Gasteiger partial charge is 0.155 e. The summed E-state index contributed by atoms with van der Waals surface area (Å²) in [5, 5.41) is 10.3. The first-order valence-corrected chi connectivity index (χ1v) is 8.57. The molecule has 0 spiro atoms. The molecule has 0 saturated heterocycles. The van der Waals surface area contributed by atoms with E-state index in [1.54, 1.807) is 0 Å². The fourth-order valence-corrected chi connectivity index (χ4v) is 4.19. The van der Waals surface area contributed by atoms with Crippen molar-refractivity contribution in [3.05, 3.63) is 20.1 Å². The molecule has 0 aliphatic heterocycles. The molecule has 1 aromatic carbocycles. The van der Waals surface area contributed by atoms with E-state index in [1.807, 2.05) is 0 Å². The lowest BCUT2D eigenvalue weighted by atomic mass is 10.0. The summed E-state index contributed by atoms with van der Waals surface area (Å²) >= 11 is 25.5. The molecule has 0 aliphatic rings. The van der Waals surface area contributed by atoms with E-state index in [-0.39, 0.29) is 25.8 Å². The minimum atomic E-state index is -0.262. The van der Waals surface area contributed by atoms with E-state index in [0.717, 1.165) is 12.2 Å². The van der Waals surface area contributed by atoms with Crippen molar-refractivity contribution < 1.29 is 5.11 Å². The van der Waals surface area contributed by atoms with Crippen molar-refractivity contribution in [2.24, 2.45) is 5.92 Å². The summed E-state index contributed by atoms with van der Waals surface area (Å²) in [4.78, 5) is 0.639. The lowest BCUT2D eigenvalue weighted by Crippen LogP contribution is -1.96. The molecule has 1 N–H and O–H groups in total. The first-order valence-electron chi connectivity index (χ1n) is 6.07. The van der Waals surface area contributed by atoms with Gasteiger partial charge in [0.25, 0.3) is 0 Å². The molecule has 1 unspecified atom stereocenters. The second kappa shape index (κ2) is 8.09. The highest BCUT2D eigenvalue weighted by molar-refractivity contribution is 7.99. The van der Waals surface area contributed by atoms with Gasteiger partial charge >= 0.3 is 0 Å². The predicted molar refractivity (Wildman–Crippen MR) is 87.6 cm³/mol. The number of phenolic OH excluding ortho intramolecular Hbond substituents is 1. The van der Waals surface area contributed by atoms with Gasteiger partial charge in [-0.15, -0.1) is 11.8 Å². The van der Waals surface area contributed by atoms with E-state index in [4.69, 9.17) is 46.4 Å². The third kappa shape index (κ3) is 4.50. The molecular formula is C13H16Cl4OS. The van der Waals surface area contributed by atoms with Gasteiger partial charge in [0.05, 0.1) is 10.0 Å². The molecule has 1 aromatic rings. The summed E-state index contributed by atoms with van der Waals surface area (Å²) in [6, 6.07) is 0. The lowest BCUT2D eigenvalue weighted by molar-refractivity contribution is 0.475. The van der Waals surface area contributed by atoms with Crippen LogP contribution < -0.4 is 0 Å². The quantitative estimate of drug-likeness (QED) is 0.438. The Bertz CT molecular complexity index is 422. The lowest BCUT2D eigenvalue weighted by Gasteiger charge is -2.13. The summed E-state index contributed by atoms with van der Waals surface area (Å²) in [6.45, 7) is 4.40. The minimum Gasteiger partial charge on any atom is -0.505 e. The zero-order valence-corrected chi connectivity index (χ0v) is 14.6. The Morgan fingerprint density at radius 2 is 1.53 bits per heavy atom. The number of aromatic hydroxyl groups is 1. The van der Waals surface area contributed by atoms with Crippen molar-refractivity contribution in [3.63, 3.8) is 0 Å². The molecule has 108 valence electrons. The molecule has 1 nitrogen and oxygen atoms in total. The molecule has 0 bridgehead atoms. The van der Waals surface area contributed by atoms with Crippen molar-refractivity contribution in [3.8, 4) is 5.75 Å². The highest BCUT2D eigenvalue weighted by Gasteiger charge is 2.20. The van der Waals surface area contributed by atoms with E-state index in [9.17, 15) is 5.11 Å². The van der Waals surface area contributed by atoms with Crippen LogP contribution in [0.15, 0.2) is 4.90 Å². The van der Waals surface area contributed by atoms with E-state index >= 15 is 0 Å². The molecule has 0 saturated carbocycles. The summed E-state index contributed by atoms with van der Waals surface area (Å²) in [5.41, 5.74) is 0. The zero-order valence-electron chi connectivity index (χ0n) is 10.8. The monoisotopic (exact) mass is 360 g/mol. The molecule has 0 heterocycles. The van der Waals surface area contributed by atoms with Gasteiger partial charge in [-0.3, -0.25) is 0 Å². The van der Waals surface area contributed by atoms with Crippen LogP contribution in [-0.4, -0.2) is 10.9 Å². The number of rotatable bonds is 6. The Morgan fingerprint density at radius 3 is 2.00 bits per heavy atom. The average Bonchev–Trinajstić information content (AvgIpc) is 2.38. The second-order valence-electron chi connectivity index (χ2n) is 4.46. The van der Waals surface area contributed by atoms with Gasteiger partial charge < -0.3 is 5.11 Å². The van der Waals surface area contributed by atoms with E-state index in [0.29, 0.717) is 10.8 Å². The summed E-state index contributed by atoms with van der Waals surface area (Å²) in [5.74, 6) is 1.29. The van der Waals surface area contributed by atoms with Gasteiger partial charge in [-0.25, -0.2) is 0 Å². The Kier molecular flexibility index (Phi) is 7.49. The van der Waals surface area contributed by atoms with Gasteiger partial charge in [-0.05, 0) is 18.1 Å². The van der Waals surface area contributed by atoms with Crippen LogP contribution in [0.4, 0.5) is 0 Å². The van der Waals surface area contributed by atoms with Crippen molar-refractivity contribution in [2.75, 3.05) is 5.75 Å². The zero-order chi connectivity index (χ0) is 14.6. The summed E-state index contributed by atoms with van der Waals surface area (Å²) in [7, 11) is 0. The van der Waals surface area contributed by atoms with Crippen molar-refractivity contribution in [1.82, 2.24) is 0 Å². The predicted octanol–water partition coefficient (Wildman–Crippen LogP) is 6.92. The standard InChI is InChI=1S/C13H16Cl4OS/c1-3-4-7(2)5-6-19-13-10(16)8(14)12(18)9(15)11(13)17/h7,18H,3-6H2,1-2H3. The third-order valence-corrected chi connectivity index (χ3v) is 5.88. The van der Waals surface area contributed by atoms with Crippen molar-refractivity contribution in [2.45, 2.75) is 38.0 Å². The highest BCUT2D eigenvalue weighted by Crippen LogP contribution is 2.49. The number of benzene rings is 1. The van der Waals surface area contributed by atoms with Crippen LogP contribution in [0.1, 0.15) is 33.1 Å². The Balaban J connectivity index is 2.79. The van der Waals surface area contributed by atoms with Crippen molar-refractivity contribution in [1.29, 1.82) is 0 Å². The second-order valence-corrected chi connectivity index (χ2v) is 7.08. The summed E-state index contributed by atoms with van der Waals surface area (Å²) < 4.78 is 0. The first kappa shape index (κ1) is 17.6. The fraction of sp³-hybridized carbons (Fsp3) is 0.538. The fourth-order valence-electron chi connectivity index (χ4n) is 1.73. The van der Waals surface area contributed by atoms with Crippen LogP contribution in [0.2, 0.25) is 20.1 Å². The van der Waals surface area contributed by atoms with Gasteiger partial charge in [-0.2, -0.15) is 0 Å². The number of hydrogen-bond acceptors (Lipinski definition) is 2. The number of hydrogen-bond donors (Lipinski definition) is 1. The molecule has 0 amide bonds. The van der Waals surface area contributed by atoms with E-state index in [2.05, 4.69) is 13.8 Å². The van der Waals surface area contributed by atoms with Gasteiger partial charge in [0.2, 0.25) is 0 Å². The van der Waals surface area contributed by atoms with Crippen molar-refractivity contribution >= 4 is 58.2 Å². The summed E-state index contributed by atoms with van der Waals surface area (Å²) in [6.07, 6.45) is 3.46. The van der Waals surface area contributed by atoms with Crippen LogP contribution in [0, 0.1) is 5.92 Å². The van der Waals surface area contributed by atoms with Crippen LogP contribution in [0.5, 0.6) is 5.75 Å². The Morgan fingerprint density at radius 1 is 1.00 bits per heavy atom. The molecule has 0 radical (unpaired) electrons. The van der Waals surface area contributed by atoms with E-state index < -0.39 is 0 Å². The maximum atomic E-state index is 9.63. The van der Waals surface area contributed by atoms with E-state index in [1.165, 1.54) is 24.6 Å². The number of phenols is 1. The van der Waals surface area contributed by atoms with Gasteiger partial charge in [0.15, 0.2) is 5.75 Å². The number of thioether (sulfide) groups is 1. The average molecular weight is 362 g/mol. The SMILES string of the molecule is CCCC(C)CCSc1c(Cl)c(Cl)c(O)c(Cl)c1Cl. The Hall–Kier alpha value is 0.530. The van der Waals surface area contributed by atoms with Gasteiger partial charge in [0, 0.05) is 4.90 Å². The van der Waals surface area contributed by atoms with Gasteiger partial charge in [-0.1, -0.05) is 73.1 Å². The van der Waals surface area contributed by atoms with Crippen LogP contribution in [-0.2, 0) is 0 Å². The molecule has 0 fully saturated rings. The molecule has 1 rings (SSSR count). The molecule has 0 aromatic heterocycles. The highest BCUT2D eigenvalue weighted by atomic mass is 35.5. The largest absolute Gasteiger partial charge is 0.505 e. The third-order valence-electron chi connectivity index (χ3n) is 2.84. The Labute approximate surface area is 138 Å². The molecule has 0 aliphatic carbocycles. The van der Waals surface area contributed by atoms with Crippen LogP contribution in [0.3, 0.4) is 0 Å². The molecular weight excluding hydrogens is 346 g/mol.